The van der Waals surface area contributed by atoms with E-state index in [1.807, 2.05) is 18.2 Å². The zero-order valence-electron chi connectivity index (χ0n) is 15.2. The first-order chi connectivity index (χ1) is 13.0. The number of nitrogens with one attached hydrogen (secondary N) is 1. The number of ether oxygens (including phenoxy) is 2. The van der Waals surface area contributed by atoms with Crippen LogP contribution in [0.15, 0.2) is 34.8 Å². The van der Waals surface area contributed by atoms with Crippen LogP contribution in [0.25, 0.3) is 0 Å². The molecule has 0 heterocycles. The van der Waals surface area contributed by atoms with E-state index in [0.29, 0.717) is 28.2 Å². The van der Waals surface area contributed by atoms with Gasteiger partial charge in [0.05, 0.1) is 21.6 Å². The first-order valence-electron chi connectivity index (χ1n) is 8.80. The van der Waals surface area contributed by atoms with Gasteiger partial charge in [-0.3, -0.25) is 0 Å². The van der Waals surface area contributed by atoms with Crippen molar-refractivity contribution in [2.45, 2.75) is 32.4 Å². The SMILES string of the molecule is COc1cc(CNCCCCCO)cc(Br)c1OCc1ccc(Cl)c(Cl)c1. The van der Waals surface area contributed by atoms with E-state index >= 15 is 0 Å². The van der Waals surface area contributed by atoms with Gasteiger partial charge >= 0.3 is 0 Å². The number of halogens is 3. The molecule has 0 saturated heterocycles. The maximum atomic E-state index is 8.79. The summed E-state index contributed by atoms with van der Waals surface area (Å²) in [5.41, 5.74) is 2.02. The van der Waals surface area contributed by atoms with Crippen LogP contribution in [0.2, 0.25) is 10.0 Å². The summed E-state index contributed by atoms with van der Waals surface area (Å²) < 4.78 is 12.3. The largest absolute Gasteiger partial charge is 0.493 e. The number of methoxy groups -OCH3 is 1. The summed E-state index contributed by atoms with van der Waals surface area (Å²) in [6.07, 6.45) is 2.92. The van der Waals surface area contributed by atoms with Crippen molar-refractivity contribution in [3.8, 4) is 11.5 Å². The zero-order chi connectivity index (χ0) is 19.6. The van der Waals surface area contributed by atoms with Gasteiger partial charge in [-0.2, -0.15) is 0 Å². The molecule has 7 heteroatoms. The normalized spacial score (nSPS) is 10.9. The Balaban J connectivity index is 1.97. The first-order valence-corrected chi connectivity index (χ1v) is 10.3. The van der Waals surface area contributed by atoms with Crippen molar-refractivity contribution < 1.29 is 14.6 Å². The summed E-state index contributed by atoms with van der Waals surface area (Å²) in [5.74, 6) is 1.32. The minimum absolute atomic E-state index is 0.258. The van der Waals surface area contributed by atoms with Crippen LogP contribution in [0.1, 0.15) is 30.4 Å². The minimum Gasteiger partial charge on any atom is -0.493 e. The molecule has 2 rings (SSSR count). The molecule has 148 valence electrons. The van der Waals surface area contributed by atoms with E-state index in [1.54, 1.807) is 19.2 Å². The Morgan fingerprint density at radius 2 is 1.85 bits per heavy atom. The summed E-state index contributed by atoms with van der Waals surface area (Å²) in [5, 5.41) is 13.2. The molecular weight excluding hydrogens is 453 g/mol. The first kappa shape index (κ1) is 22.3. The molecule has 0 aliphatic heterocycles. The van der Waals surface area contributed by atoms with Crippen LogP contribution in [0.3, 0.4) is 0 Å². The molecule has 0 unspecified atom stereocenters. The van der Waals surface area contributed by atoms with Gasteiger partial charge in [0.25, 0.3) is 0 Å². The third kappa shape index (κ3) is 7.16. The van der Waals surface area contributed by atoms with E-state index in [1.165, 1.54) is 0 Å². The summed E-state index contributed by atoms with van der Waals surface area (Å²) in [7, 11) is 1.62. The van der Waals surface area contributed by atoms with E-state index in [-0.39, 0.29) is 6.61 Å². The fourth-order valence-electron chi connectivity index (χ4n) is 2.57. The number of aliphatic hydroxyl groups excluding tert-OH is 1. The van der Waals surface area contributed by atoms with Gasteiger partial charge in [0.2, 0.25) is 0 Å². The monoisotopic (exact) mass is 475 g/mol. The van der Waals surface area contributed by atoms with E-state index < -0.39 is 0 Å². The molecule has 0 spiro atoms. The predicted molar refractivity (Wildman–Crippen MR) is 114 cm³/mol. The average molecular weight is 477 g/mol. The number of unbranched alkanes of at least 4 members (excludes halogenated alkanes) is 2. The zero-order valence-corrected chi connectivity index (χ0v) is 18.3. The second-order valence-electron chi connectivity index (χ2n) is 6.11. The smallest absolute Gasteiger partial charge is 0.175 e. The molecule has 2 aromatic carbocycles. The molecule has 0 saturated carbocycles. The van der Waals surface area contributed by atoms with Crippen molar-refractivity contribution in [3.63, 3.8) is 0 Å². The highest BCUT2D eigenvalue weighted by Crippen LogP contribution is 2.37. The van der Waals surface area contributed by atoms with E-state index in [4.69, 9.17) is 37.8 Å². The predicted octanol–water partition coefficient (Wildman–Crippen LogP) is 5.60. The standard InChI is InChI=1S/C20H24BrCl2NO3/c1-26-19-11-15(12-24-7-3-2-4-8-25)9-16(21)20(19)27-13-14-5-6-17(22)18(23)10-14/h5-6,9-11,24-25H,2-4,7-8,12-13H2,1H3. The van der Waals surface area contributed by atoms with Crippen molar-refractivity contribution in [2.24, 2.45) is 0 Å². The van der Waals surface area contributed by atoms with Gasteiger partial charge in [-0.1, -0.05) is 29.3 Å². The number of hydrogen-bond acceptors (Lipinski definition) is 4. The molecule has 0 aromatic heterocycles. The van der Waals surface area contributed by atoms with Crippen LogP contribution in [0, 0.1) is 0 Å². The molecule has 0 aliphatic rings. The molecule has 0 radical (unpaired) electrons. The molecule has 0 amide bonds. The third-order valence-corrected chi connectivity index (χ3v) is 5.33. The van der Waals surface area contributed by atoms with Gasteiger partial charge in [0.1, 0.15) is 6.61 Å². The van der Waals surface area contributed by atoms with Crippen molar-refractivity contribution in [3.05, 3.63) is 56.0 Å². The number of aliphatic hydroxyl groups is 1. The van der Waals surface area contributed by atoms with Gasteiger partial charge in [-0.25, -0.2) is 0 Å². The van der Waals surface area contributed by atoms with Gasteiger partial charge < -0.3 is 19.9 Å². The quantitative estimate of drug-likeness (QED) is 0.414. The lowest BCUT2D eigenvalue weighted by molar-refractivity contribution is 0.282. The lowest BCUT2D eigenvalue weighted by atomic mass is 10.2. The second-order valence-corrected chi connectivity index (χ2v) is 7.78. The molecule has 0 aliphatic carbocycles. The second kappa shape index (κ2) is 11.8. The third-order valence-electron chi connectivity index (χ3n) is 4.00. The highest BCUT2D eigenvalue weighted by Gasteiger charge is 2.12. The van der Waals surface area contributed by atoms with E-state index in [9.17, 15) is 0 Å². The Hall–Kier alpha value is -0.980. The molecule has 2 aromatic rings. The highest BCUT2D eigenvalue weighted by atomic mass is 79.9. The lowest BCUT2D eigenvalue weighted by Crippen LogP contribution is -2.15. The summed E-state index contributed by atoms with van der Waals surface area (Å²) >= 11 is 15.6. The van der Waals surface area contributed by atoms with E-state index in [2.05, 4.69) is 21.2 Å². The molecule has 0 fully saturated rings. The Morgan fingerprint density at radius 3 is 2.56 bits per heavy atom. The summed E-state index contributed by atoms with van der Waals surface area (Å²) in [6, 6.07) is 9.41. The maximum absolute atomic E-state index is 8.79. The van der Waals surface area contributed by atoms with Crippen LogP contribution in [0.5, 0.6) is 11.5 Å². The van der Waals surface area contributed by atoms with Crippen LogP contribution in [-0.2, 0) is 13.2 Å². The van der Waals surface area contributed by atoms with Gasteiger partial charge in [0.15, 0.2) is 11.5 Å². The van der Waals surface area contributed by atoms with Crippen molar-refractivity contribution in [2.75, 3.05) is 20.3 Å². The lowest BCUT2D eigenvalue weighted by Gasteiger charge is -2.15. The van der Waals surface area contributed by atoms with Gasteiger partial charge in [-0.15, -0.1) is 0 Å². The maximum Gasteiger partial charge on any atom is 0.175 e. The molecule has 0 bridgehead atoms. The molecule has 4 nitrogen and oxygen atoms in total. The Labute approximate surface area is 178 Å². The highest BCUT2D eigenvalue weighted by molar-refractivity contribution is 9.10. The number of rotatable bonds is 11. The minimum atomic E-state index is 0.258. The Kier molecular flexibility index (Phi) is 9.73. The van der Waals surface area contributed by atoms with Crippen LogP contribution in [-0.4, -0.2) is 25.4 Å². The molecule has 0 atom stereocenters. The number of hydrogen-bond donors (Lipinski definition) is 2. The topological polar surface area (TPSA) is 50.7 Å². The Morgan fingerprint density at radius 1 is 1.04 bits per heavy atom. The van der Waals surface area contributed by atoms with Gasteiger partial charge in [0, 0.05) is 13.2 Å². The molecule has 27 heavy (non-hydrogen) atoms. The van der Waals surface area contributed by atoms with Crippen molar-refractivity contribution in [1.29, 1.82) is 0 Å². The van der Waals surface area contributed by atoms with Crippen molar-refractivity contribution in [1.82, 2.24) is 5.32 Å². The summed E-state index contributed by atoms with van der Waals surface area (Å²) in [6.45, 7) is 2.26. The van der Waals surface area contributed by atoms with Crippen molar-refractivity contribution >= 4 is 39.1 Å². The molecular formula is C20H24BrCl2NO3. The molecule has 2 N–H and O–H groups in total. The summed E-state index contributed by atoms with van der Waals surface area (Å²) in [4.78, 5) is 0. The average Bonchev–Trinajstić information content (AvgIpc) is 2.66. The van der Waals surface area contributed by atoms with Crippen LogP contribution < -0.4 is 14.8 Å². The van der Waals surface area contributed by atoms with Crippen LogP contribution >= 0.6 is 39.1 Å². The fourth-order valence-corrected chi connectivity index (χ4v) is 3.50. The van der Waals surface area contributed by atoms with E-state index in [0.717, 1.165) is 48.0 Å². The van der Waals surface area contributed by atoms with Crippen LogP contribution in [0.4, 0.5) is 0 Å². The fraction of sp³-hybridized carbons (Fsp3) is 0.400. The van der Waals surface area contributed by atoms with Gasteiger partial charge in [-0.05, 0) is 77.1 Å². The number of benzene rings is 2. The Bertz CT molecular complexity index is 743.